The molecule has 0 aliphatic heterocycles. The minimum absolute atomic E-state index is 0.958. The van der Waals surface area contributed by atoms with Crippen LogP contribution in [0.5, 0.6) is 0 Å². The van der Waals surface area contributed by atoms with Gasteiger partial charge in [-0.1, -0.05) is 111 Å². The minimum Gasteiger partial charge on any atom is -0.307 e. The Labute approximate surface area is 286 Å². The fourth-order valence-corrected chi connectivity index (χ4v) is 6.01. The molecule has 4 heteroatoms. The van der Waals surface area contributed by atoms with Gasteiger partial charge in [-0.15, -0.1) is 0 Å². The molecule has 0 fully saturated rings. The summed E-state index contributed by atoms with van der Waals surface area (Å²) in [6.45, 7) is 14.8. The highest BCUT2D eigenvalue weighted by molar-refractivity contribution is 6.06. The Bertz CT molecular complexity index is 1460. The fourth-order valence-electron chi connectivity index (χ4n) is 6.01. The van der Waals surface area contributed by atoms with Crippen molar-refractivity contribution < 1.29 is 0 Å². The molecule has 47 heavy (non-hydrogen) atoms. The molecule has 0 aliphatic rings. The van der Waals surface area contributed by atoms with Gasteiger partial charge < -0.3 is 5.32 Å². The van der Waals surface area contributed by atoms with Crippen molar-refractivity contribution in [2.75, 3.05) is 62.7 Å². The summed E-state index contributed by atoms with van der Waals surface area (Å²) >= 11 is 0. The molecular weight excluding hydrogens is 573 g/mol. The van der Waals surface area contributed by atoms with Gasteiger partial charge in [0.25, 0.3) is 0 Å². The molecule has 0 spiro atoms. The second kappa shape index (κ2) is 19.8. The van der Waals surface area contributed by atoms with E-state index in [2.05, 4.69) is 173 Å². The average molecular weight is 633 g/mol. The highest BCUT2D eigenvalue weighted by Crippen LogP contribution is 2.32. The normalized spacial score (nSPS) is 10.6. The van der Waals surface area contributed by atoms with Gasteiger partial charge in [-0.3, -0.25) is 14.7 Å². The molecule has 0 amide bonds. The van der Waals surface area contributed by atoms with Gasteiger partial charge in [-0.05, 0) is 142 Å². The number of fused-ring (bicyclic) bond motifs is 4. The molecule has 6 aromatic carbocycles. The molecule has 6 aromatic rings. The lowest BCUT2D eigenvalue weighted by Crippen LogP contribution is -2.26. The lowest BCUT2D eigenvalue weighted by atomic mass is 9.93. The maximum absolute atomic E-state index is 2.99. The largest absolute Gasteiger partial charge is 0.307 e. The Balaban J connectivity index is 0.000000233. The van der Waals surface area contributed by atoms with E-state index < -0.39 is 0 Å². The Morgan fingerprint density at radius 1 is 0.383 bits per heavy atom. The highest BCUT2D eigenvalue weighted by atomic mass is 15.2. The van der Waals surface area contributed by atoms with Gasteiger partial charge >= 0.3 is 0 Å². The van der Waals surface area contributed by atoms with Crippen LogP contribution in [0.2, 0.25) is 0 Å². The molecule has 0 bridgehead atoms. The molecule has 4 nitrogen and oxygen atoms in total. The molecule has 6 rings (SSSR count). The van der Waals surface area contributed by atoms with Crippen molar-refractivity contribution in [3.05, 3.63) is 119 Å². The number of rotatable bonds is 4. The molecule has 0 saturated heterocycles. The molecule has 0 unspecified atom stereocenters. The summed E-state index contributed by atoms with van der Waals surface area (Å²) in [6, 6.07) is 34.6. The number of nitrogens with zero attached hydrogens (tertiary/aromatic N) is 3. The summed E-state index contributed by atoms with van der Waals surface area (Å²) in [5, 5.41) is 14.0. The zero-order chi connectivity index (χ0) is 35.1. The van der Waals surface area contributed by atoms with Crippen molar-refractivity contribution >= 4 is 43.1 Å². The Morgan fingerprint density at radius 3 is 0.660 bits per heavy atom. The van der Waals surface area contributed by atoms with Crippen LogP contribution in [0.1, 0.15) is 36.1 Å². The van der Waals surface area contributed by atoms with Crippen molar-refractivity contribution in [2.24, 2.45) is 0 Å². The van der Waals surface area contributed by atoms with Crippen LogP contribution in [-0.2, 0) is 0 Å². The SMILES string of the molecule is CC.CN(C)CN(C)C.CNCN(C)C.Cc1c2ccccc2c(C)c2ccccc12.Cc1c2ccccc2c(C)c2ccccc12. The molecule has 1 N–H and O–H groups in total. The zero-order valence-electron chi connectivity index (χ0n) is 31.5. The third kappa shape index (κ3) is 10.9. The van der Waals surface area contributed by atoms with Crippen LogP contribution in [0.25, 0.3) is 43.1 Å². The van der Waals surface area contributed by atoms with Gasteiger partial charge in [0.05, 0.1) is 0 Å². The maximum atomic E-state index is 2.99. The summed E-state index contributed by atoms with van der Waals surface area (Å²) < 4.78 is 0. The average Bonchev–Trinajstić information content (AvgIpc) is 3.07. The smallest absolute Gasteiger partial charge is 0.0495 e. The van der Waals surface area contributed by atoms with Crippen molar-refractivity contribution in [2.45, 2.75) is 41.5 Å². The van der Waals surface area contributed by atoms with Crippen LogP contribution in [-0.4, -0.2) is 77.4 Å². The van der Waals surface area contributed by atoms with Crippen molar-refractivity contribution in [3.8, 4) is 0 Å². The highest BCUT2D eigenvalue weighted by Gasteiger charge is 2.08. The first-order valence-corrected chi connectivity index (χ1v) is 16.8. The van der Waals surface area contributed by atoms with E-state index in [-0.39, 0.29) is 0 Å². The van der Waals surface area contributed by atoms with E-state index in [9.17, 15) is 0 Å². The lowest BCUT2D eigenvalue weighted by molar-refractivity contribution is 0.245. The first kappa shape index (κ1) is 39.4. The lowest BCUT2D eigenvalue weighted by Gasteiger charge is -2.14. The summed E-state index contributed by atoms with van der Waals surface area (Å²) in [5.41, 5.74) is 5.54. The number of nitrogens with one attached hydrogen (secondary N) is 1. The zero-order valence-corrected chi connectivity index (χ0v) is 31.5. The van der Waals surface area contributed by atoms with Crippen LogP contribution >= 0.6 is 0 Å². The van der Waals surface area contributed by atoms with Gasteiger partial charge in [0.1, 0.15) is 0 Å². The van der Waals surface area contributed by atoms with Crippen molar-refractivity contribution in [1.82, 2.24) is 20.0 Å². The number of benzene rings is 6. The summed E-state index contributed by atoms with van der Waals surface area (Å²) in [7, 11) is 14.2. The molecule has 0 aliphatic carbocycles. The van der Waals surface area contributed by atoms with Gasteiger partial charge in [0.15, 0.2) is 0 Å². The van der Waals surface area contributed by atoms with Crippen LogP contribution in [0.3, 0.4) is 0 Å². The molecule has 252 valence electrons. The molecule has 0 heterocycles. The molecule has 0 saturated carbocycles. The molecule has 0 radical (unpaired) electrons. The predicted octanol–water partition coefficient (Wildman–Crippen LogP) is 10.0. The third-order valence-corrected chi connectivity index (χ3v) is 7.98. The Hall–Kier alpha value is -3.80. The van der Waals surface area contributed by atoms with Crippen molar-refractivity contribution in [3.63, 3.8) is 0 Å². The fraction of sp³-hybridized carbons (Fsp3) is 0.349. The topological polar surface area (TPSA) is 21.8 Å². The van der Waals surface area contributed by atoms with Gasteiger partial charge in [0, 0.05) is 13.3 Å². The first-order valence-electron chi connectivity index (χ1n) is 16.8. The predicted molar refractivity (Wildman–Crippen MR) is 213 cm³/mol. The summed E-state index contributed by atoms with van der Waals surface area (Å²) in [6.07, 6.45) is 0. The van der Waals surface area contributed by atoms with Crippen molar-refractivity contribution in [1.29, 1.82) is 0 Å². The number of hydrogen-bond donors (Lipinski definition) is 1. The second-order valence-electron chi connectivity index (χ2n) is 12.6. The summed E-state index contributed by atoms with van der Waals surface area (Å²) in [5.74, 6) is 0. The van der Waals surface area contributed by atoms with E-state index in [1.807, 2.05) is 35.0 Å². The number of hydrogen-bond acceptors (Lipinski definition) is 4. The molecule has 0 atom stereocenters. The quantitative estimate of drug-likeness (QED) is 0.154. The summed E-state index contributed by atoms with van der Waals surface area (Å²) in [4.78, 5) is 6.32. The van der Waals surface area contributed by atoms with Crippen LogP contribution in [0.15, 0.2) is 97.1 Å². The monoisotopic (exact) mass is 632 g/mol. The minimum atomic E-state index is 0.958. The Morgan fingerprint density at radius 2 is 0.574 bits per heavy atom. The van der Waals surface area contributed by atoms with Gasteiger partial charge in [0.2, 0.25) is 0 Å². The van der Waals surface area contributed by atoms with E-state index >= 15 is 0 Å². The first-order chi connectivity index (χ1) is 22.5. The van der Waals surface area contributed by atoms with Gasteiger partial charge in [-0.25, -0.2) is 0 Å². The van der Waals surface area contributed by atoms with Gasteiger partial charge in [-0.2, -0.15) is 0 Å². The Kier molecular flexibility index (Phi) is 16.6. The maximum Gasteiger partial charge on any atom is 0.0495 e. The third-order valence-electron chi connectivity index (χ3n) is 7.98. The molecule has 0 aromatic heterocycles. The van der Waals surface area contributed by atoms with Crippen LogP contribution in [0.4, 0.5) is 0 Å². The number of aryl methyl sites for hydroxylation is 4. The van der Waals surface area contributed by atoms with E-state index in [1.165, 1.54) is 65.3 Å². The van der Waals surface area contributed by atoms with Crippen LogP contribution < -0.4 is 5.32 Å². The van der Waals surface area contributed by atoms with E-state index in [0.717, 1.165) is 13.3 Å². The second-order valence-corrected chi connectivity index (χ2v) is 12.6. The van der Waals surface area contributed by atoms with E-state index in [4.69, 9.17) is 0 Å². The van der Waals surface area contributed by atoms with Crippen LogP contribution in [0, 0.1) is 27.7 Å². The molecular formula is C43H60N4. The standard InChI is InChI=1S/2C16H14.C5H14N2.C4H12N2.C2H6/c2*1-11-13-7-3-5-9-15(13)12(2)16-10-6-4-8-14(11)16;1-6(2)5-7(3)4;1-5-4-6(2)3;1-2/h2*3-10H,1-2H3;5H2,1-4H3;5H,4H2,1-3H3;1-2H3. The van der Waals surface area contributed by atoms with E-state index in [0.29, 0.717) is 0 Å². The van der Waals surface area contributed by atoms with E-state index in [1.54, 1.807) is 0 Å².